The van der Waals surface area contributed by atoms with Crippen LogP contribution in [0.2, 0.25) is 0 Å². The molecule has 1 saturated heterocycles. The Kier molecular flexibility index (Phi) is 3.66. The Hall–Kier alpha value is -1.55. The van der Waals surface area contributed by atoms with Crippen LogP contribution in [0, 0.1) is 0 Å². The van der Waals surface area contributed by atoms with Crippen molar-refractivity contribution in [2.75, 3.05) is 25.0 Å². The number of carbonyl (C=O) groups excluding carboxylic acids is 1. The molecule has 2 aliphatic heterocycles. The summed E-state index contributed by atoms with van der Waals surface area (Å²) in [5.74, 6) is 0.123. The molecule has 2 heterocycles. The van der Waals surface area contributed by atoms with E-state index in [-0.39, 0.29) is 18.1 Å². The van der Waals surface area contributed by atoms with Gasteiger partial charge in [0.05, 0.1) is 23.5 Å². The van der Waals surface area contributed by atoms with Crippen LogP contribution in [-0.2, 0) is 11.2 Å². The third-order valence-electron chi connectivity index (χ3n) is 4.01. The van der Waals surface area contributed by atoms with Crippen LogP contribution in [-0.4, -0.2) is 42.6 Å². The van der Waals surface area contributed by atoms with E-state index in [0.29, 0.717) is 13.1 Å². The maximum atomic E-state index is 12.8. The van der Waals surface area contributed by atoms with E-state index in [1.54, 1.807) is 0 Å². The molecule has 0 aromatic heterocycles. The maximum Gasteiger partial charge on any atom is 0.256 e. The number of anilines is 1. The molecule has 0 radical (unpaired) electrons. The topological polar surface area (TPSA) is 41.6 Å². The first-order valence-electron chi connectivity index (χ1n) is 7.45. The van der Waals surface area contributed by atoms with E-state index in [1.165, 1.54) is 5.56 Å². The highest BCUT2D eigenvalue weighted by molar-refractivity contribution is 6.00. The number of hydrogen-bond donors (Lipinski definition) is 1. The van der Waals surface area contributed by atoms with Crippen molar-refractivity contribution in [2.24, 2.45) is 0 Å². The van der Waals surface area contributed by atoms with Crippen LogP contribution in [0.15, 0.2) is 18.2 Å². The third kappa shape index (κ3) is 2.52. The number of amides is 1. The number of fused-ring (bicyclic) bond motifs is 1. The second kappa shape index (κ2) is 5.44. The summed E-state index contributed by atoms with van der Waals surface area (Å²) in [5, 5.41) is 3.39. The van der Waals surface area contributed by atoms with Gasteiger partial charge in [0, 0.05) is 19.6 Å². The van der Waals surface area contributed by atoms with Gasteiger partial charge in [0.1, 0.15) is 0 Å². The van der Waals surface area contributed by atoms with Crippen LogP contribution in [0.3, 0.4) is 0 Å². The molecule has 2 unspecified atom stereocenters. The quantitative estimate of drug-likeness (QED) is 0.854. The summed E-state index contributed by atoms with van der Waals surface area (Å²) in [7, 11) is 0. The molecule has 2 atom stereocenters. The Balaban J connectivity index is 1.87. The van der Waals surface area contributed by atoms with Crippen LogP contribution in [0.5, 0.6) is 0 Å². The molecule has 0 saturated carbocycles. The van der Waals surface area contributed by atoms with Crippen molar-refractivity contribution in [1.82, 2.24) is 4.90 Å². The summed E-state index contributed by atoms with van der Waals surface area (Å²) >= 11 is 0. The molecule has 4 heteroatoms. The zero-order valence-electron chi connectivity index (χ0n) is 12.2. The number of hydrogen-bond acceptors (Lipinski definition) is 3. The number of morpholine rings is 1. The largest absolute Gasteiger partial charge is 0.384 e. The number of benzene rings is 1. The number of ether oxygens (including phenoxy) is 1. The lowest BCUT2D eigenvalue weighted by molar-refractivity contribution is -0.0585. The predicted octanol–water partition coefficient (Wildman–Crippen LogP) is 2.29. The molecule has 1 amide bonds. The van der Waals surface area contributed by atoms with Crippen LogP contribution < -0.4 is 5.32 Å². The molecule has 0 spiro atoms. The van der Waals surface area contributed by atoms with E-state index in [0.717, 1.165) is 30.6 Å². The van der Waals surface area contributed by atoms with Gasteiger partial charge in [-0.3, -0.25) is 4.79 Å². The van der Waals surface area contributed by atoms with Gasteiger partial charge in [0.15, 0.2) is 0 Å². The zero-order valence-corrected chi connectivity index (χ0v) is 12.2. The molecule has 1 aromatic rings. The molecular weight excluding hydrogens is 252 g/mol. The Morgan fingerprint density at radius 2 is 2.05 bits per heavy atom. The normalized spacial score (nSPS) is 25.8. The highest BCUT2D eigenvalue weighted by Gasteiger charge is 2.28. The highest BCUT2D eigenvalue weighted by Crippen LogP contribution is 2.27. The number of nitrogens with zero attached hydrogens (tertiary/aromatic N) is 1. The van der Waals surface area contributed by atoms with E-state index in [2.05, 4.69) is 11.4 Å². The van der Waals surface area contributed by atoms with E-state index in [9.17, 15) is 4.79 Å². The van der Waals surface area contributed by atoms with Gasteiger partial charge in [-0.15, -0.1) is 0 Å². The monoisotopic (exact) mass is 274 g/mol. The van der Waals surface area contributed by atoms with E-state index in [4.69, 9.17) is 4.74 Å². The Labute approximate surface area is 120 Å². The van der Waals surface area contributed by atoms with Crippen LogP contribution >= 0.6 is 0 Å². The third-order valence-corrected chi connectivity index (χ3v) is 4.01. The Morgan fingerprint density at radius 3 is 2.80 bits per heavy atom. The summed E-state index contributed by atoms with van der Waals surface area (Å²) in [6.07, 6.45) is 2.40. The summed E-state index contributed by atoms with van der Waals surface area (Å²) in [6, 6.07) is 6.04. The number of para-hydroxylation sites is 1. The van der Waals surface area contributed by atoms with Gasteiger partial charge in [-0.05, 0) is 38.3 Å². The first kappa shape index (κ1) is 13.4. The van der Waals surface area contributed by atoms with Crippen molar-refractivity contribution in [2.45, 2.75) is 38.9 Å². The van der Waals surface area contributed by atoms with Crippen molar-refractivity contribution < 1.29 is 9.53 Å². The summed E-state index contributed by atoms with van der Waals surface area (Å²) in [4.78, 5) is 14.7. The first-order valence-corrected chi connectivity index (χ1v) is 7.45. The zero-order chi connectivity index (χ0) is 14.1. The molecular formula is C16H22N2O2. The van der Waals surface area contributed by atoms with Gasteiger partial charge >= 0.3 is 0 Å². The molecule has 4 nitrogen and oxygen atoms in total. The SMILES string of the molecule is CC1CN(C(=O)c2cccc3c2NCCC3)CC(C)O1. The second-order valence-electron chi connectivity index (χ2n) is 5.84. The number of aryl methyl sites for hydroxylation is 1. The lowest BCUT2D eigenvalue weighted by Gasteiger charge is -2.36. The van der Waals surface area contributed by atoms with Crippen LogP contribution in [0.1, 0.15) is 36.2 Å². The van der Waals surface area contributed by atoms with Crippen molar-refractivity contribution in [1.29, 1.82) is 0 Å². The molecule has 0 aliphatic carbocycles. The van der Waals surface area contributed by atoms with Gasteiger partial charge < -0.3 is 15.0 Å². The van der Waals surface area contributed by atoms with Crippen molar-refractivity contribution >= 4 is 11.6 Å². The molecule has 1 N–H and O–H groups in total. The summed E-state index contributed by atoms with van der Waals surface area (Å²) in [6.45, 7) is 6.34. The minimum atomic E-state index is 0.107. The molecule has 20 heavy (non-hydrogen) atoms. The van der Waals surface area contributed by atoms with Crippen LogP contribution in [0.4, 0.5) is 5.69 Å². The average Bonchev–Trinajstić information content (AvgIpc) is 2.45. The fourth-order valence-corrected chi connectivity index (χ4v) is 3.20. The van der Waals surface area contributed by atoms with Crippen LogP contribution in [0.25, 0.3) is 0 Å². The number of rotatable bonds is 1. The molecule has 1 aromatic carbocycles. The van der Waals surface area contributed by atoms with Gasteiger partial charge in [0.25, 0.3) is 5.91 Å². The van der Waals surface area contributed by atoms with E-state index in [1.807, 2.05) is 30.9 Å². The highest BCUT2D eigenvalue weighted by atomic mass is 16.5. The lowest BCUT2D eigenvalue weighted by atomic mass is 9.98. The average molecular weight is 274 g/mol. The molecule has 1 fully saturated rings. The van der Waals surface area contributed by atoms with Crippen molar-refractivity contribution in [3.8, 4) is 0 Å². The number of carbonyl (C=O) groups is 1. The minimum absolute atomic E-state index is 0.107. The fraction of sp³-hybridized carbons (Fsp3) is 0.562. The minimum Gasteiger partial charge on any atom is -0.384 e. The second-order valence-corrected chi connectivity index (χ2v) is 5.84. The molecule has 108 valence electrons. The predicted molar refractivity (Wildman–Crippen MR) is 79.2 cm³/mol. The van der Waals surface area contributed by atoms with Gasteiger partial charge in [-0.25, -0.2) is 0 Å². The standard InChI is InChI=1S/C16H22N2O2/c1-11-9-18(10-12(2)20-11)16(19)14-7-3-5-13-6-4-8-17-15(13)14/h3,5,7,11-12,17H,4,6,8-10H2,1-2H3. The Bertz CT molecular complexity index is 505. The maximum absolute atomic E-state index is 12.8. The van der Waals surface area contributed by atoms with E-state index >= 15 is 0 Å². The molecule has 3 rings (SSSR count). The lowest BCUT2D eigenvalue weighted by Crippen LogP contribution is -2.48. The summed E-state index contributed by atoms with van der Waals surface area (Å²) < 4.78 is 5.71. The van der Waals surface area contributed by atoms with Gasteiger partial charge in [0.2, 0.25) is 0 Å². The van der Waals surface area contributed by atoms with E-state index < -0.39 is 0 Å². The van der Waals surface area contributed by atoms with Crippen molar-refractivity contribution in [3.05, 3.63) is 29.3 Å². The Morgan fingerprint density at radius 1 is 1.30 bits per heavy atom. The molecule has 2 aliphatic rings. The molecule has 0 bridgehead atoms. The number of nitrogens with one attached hydrogen (secondary N) is 1. The first-order chi connectivity index (χ1) is 9.65. The van der Waals surface area contributed by atoms with Crippen molar-refractivity contribution in [3.63, 3.8) is 0 Å². The summed E-state index contributed by atoms with van der Waals surface area (Å²) in [5.41, 5.74) is 3.11. The van der Waals surface area contributed by atoms with Gasteiger partial charge in [-0.2, -0.15) is 0 Å². The van der Waals surface area contributed by atoms with Gasteiger partial charge in [-0.1, -0.05) is 12.1 Å². The smallest absolute Gasteiger partial charge is 0.256 e. The fourth-order valence-electron chi connectivity index (χ4n) is 3.20.